The third-order valence-electron chi connectivity index (χ3n) is 6.19. The highest BCUT2D eigenvalue weighted by Crippen LogP contribution is 2.34. The molecule has 1 saturated heterocycles. The zero-order valence-corrected chi connectivity index (χ0v) is 17.6. The molecule has 1 aromatic carbocycles. The van der Waals surface area contributed by atoms with E-state index in [1.807, 2.05) is 25.6 Å². The number of hydrogen-bond donors (Lipinski definition) is 2. The largest absolute Gasteiger partial charge is 0.368 e. The van der Waals surface area contributed by atoms with Crippen molar-refractivity contribution >= 4 is 27.5 Å². The number of piperazine rings is 1. The number of nitrogens with one attached hydrogen (secondary N) is 2. The molecule has 1 aliphatic heterocycles. The lowest BCUT2D eigenvalue weighted by Crippen LogP contribution is -2.44. The first kappa shape index (κ1) is 18.1. The molecule has 1 aliphatic rings. The number of likely N-dealkylation sites (N-methyl/N-ethyl adjacent to an activating group) is 1. The lowest BCUT2D eigenvalue weighted by Gasteiger charge is -2.34. The van der Waals surface area contributed by atoms with E-state index in [2.05, 4.69) is 72.4 Å². The van der Waals surface area contributed by atoms with Crippen LogP contribution in [0.2, 0.25) is 0 Å². The summed E-state index contributed by atoms with van der Waals surface area (Å²) in [7, 11) is 4.09. The van der Waals surface area contributed by atoms with Crippen molar-refractivity contribution in [3.05, 3.63) is 48.9 Å². The minimum Gasteiger partial charge on any atom is -0.368 e. The molecule has 0 bridgehead atoms. The van der Waals surface area contributed by atoms with Gasteiger partial charge in [0.05, 0.1) is 29.3 Å². The zero-order valence-electron chi connectivity index (χ0n) is 17.6. The van der Waals surface area contributed by atoms with E-state index in [0.717, 1.165) is 65.2 Å². The molecular formula is C23H24N8. The molecule has 0 atom stereocenters. The van der Waals surface area contributed by atoms with Crippen molar-refractivity contribution in [3.63, 3.8) is 0 Å². The molecule has 4 aromatic heterocycles. The van der Waals surface area contributed by atoms with E-state index in [-0.39, 0.29) is 0 Å². The molecule has 0 amide bonds. The lowest BCUT2D eigenvalue weighted by molar-refractivity contribution is 0.313. The number of aromatic nitrogens is 6. The van der Waals surface area contributed by atoms with E-state index in [4.69, 9.17) is 0 Å². The van der Waals surface area contributed by atoms with Crippen molar-refractivity contribution in [1.29, 1.82) is 0 Å². The van der Waals surface area contributed by atoms with Gasteiger partial charge in [0.2, 0.25) is 0 Å². The fraction of sp³-hybridized carbons (Fsp3) is 0.261. The number of rotatable bonds is 3. The summed E-state index contributed by atoms with van der Waals surface area (Å²) in [4.78, 5) is 13.0. The molecule has 0 saturated carbocycles. The first-order chi connectivity index (χ1) is 15.2. The minimum absolute atomic E-state index is 0.887. The van der Waals surface area contributed by atoms with Gasteiger partial charge in [-0.3, -0.25) is 14.8 Å². The van der Waals surface area contributed by atoms with Crippen LogP contribution in [0.5, 0.6) is 0 Å². The third kappa shape index (κ3) is 3.07. The Hall–Kier alpha value is -3.65. The van der Waals surface area contributed by atoms with Crippen LogP contribution in [0.3, 0.4) is 0 Å². The maximum absolute atomic E-state index is 4.62. The van der Waals surface area contributed by atoms with Gasteiger partial charge in [-0.2, -0.15) is 10.2 Å². The van der Waals surface area contributed by atoms with E-state index in [0.29, 0.717) is 0 Å². The third-order valence-corrected chi connectivity index (χ3v) is 6.19. The molecular weight excluding hydrogens is 388 g/mol. The van der Waals surface area contributed by atoms with Gasteiger partial charge >= 0.3 is 0 Å². The zero-order chi connectivity index (χ0) is 20.9. The molecule has 0 spiro atoms. The van der Waals surface area contributed by atoms with Crippen LogP contribution in [0, 0.1) is 0 Å². The van der Waals surface area contributed by atoms with Crippen LogP contribution in [-0.4, -0.2) is 68.1 Å². The van der Waals surface area contributed by atoms with Crippen LogP contribution in [0.1, 0.15) is 0 Å². The van der Waals surface area contributed by atoms with E-state index in [1.165, 1.54) is 11.1 Å². The Kier molecular flexibility index (Phi) is 4.07. The summed E-state index contributed by atoms with van der Waals surface area (Å²) in [5.41, 5.74) is 7.12. The monoisotopic (exact) mass is 412 g/mol. The van der Waals surface area contributed by atoms with E-state index >= 15 is 0 Å². The molecule has 6 rings (SSSR count). The number of fused-ring (bicyclic) bond motifs is 2. The predicted octanol–water partition coefficient (Wildman–Crippen LogP) is 3.26. The number of hydrogen-bond acceptors (Lipinski definition) is 5. The van der Waals surface area contributed by atoms with E-state index in [9.17, 15) is 0 Å². The quantitative estimate of drug-likeness (QED) is 0.475. The van der Waals surface area contributed by atoms with Gasteiger partial charge in [-0.15, -0.1) is 0 Å². The Morgan fingerprint density at radius 1 is 0.935 bits per heavy atom. The highest BCUT2D eigenvalue weighted by Gasteiger charge is 2.19. The second kappa shape index (κ2) is 6.95. The minimum atomic E-state index is 0.887. The maximum atomic E-state index is 4.62. The second-order valence-electron chi connectivity index (χ2n) is 8.30. The molecule has 2 N–H and O–H groups in total. The number of H-pyrrole nitrogens is 2. The standard InChI is InChI=1S/C23H24N8/c1-29-6-8-31(9-7-29)22-5-3-4-18-16(22)10-20(26-18)23-17-11-19(15-12-25-30(2)14-15)24-13-21(17)27-28-23/h3-5,10-14,26H,6-9H2,1-2H3,(H,27,28). The van der Waals surface area contributed by atoms with Gasteiger partial charge in [0.1, 0.15) is 5.69 Å². The first-order valence-electron chi connectivity index (χ1n) is 10.5. The number of aryl methyl sites for hydroxylation is 1. The van der Waals surface area contributed by atoms with Gasteiger partial charge in [0.15, 0.2) is 0 Å². The predicted molar refractivity (Wildman–Crippen MR) is 123 cm³/mol. The average Bonchev–Trinajstić information content (AvgIpc) is 3.51. The Bertz CT molecular complexity index is 1380. The molecule has 8 nitrogen and oxygen atoms in total. The summed E-state index contributed by atoms with van der Waals surface area (Å²) in [6, 6.07) is 10.8. The van der Waals surface area contributed by atoms with E-state index < -0.39 is 0 Å². The number of anilines is 1. The number of pyridine rings is 1. The van der Waals surface area contributed by atoms with Crippen LogP contribution < -0.4 is 4.90 Å². The van der Waals surface area contributed by atoms with Gasteiger partial charge in [-0.05, 0) is 31.3 Å². The Balaban J connectivity index is 1.44. The maximum Gasteiger partial charge on any atom is 0.116 e. The molecule has 156 valence electrons. The van der Waals surface area contributed by atoms with E-state index in [1.54, 1.807) is 4.68 Å². The highest BCUT2D eigenvalue weighted by molar-refractivity contribution is 6.00. The number of benzene rings is 1. The molecule has 5 aromatic rings. The molecule has 0 radical (unpaired) electrons. The Labute approximate surface area is 179 Å². The van der Waals surface area contributed by atoms with Crippen molar-refractivity contribution in [1.82, 2.24) is 34.8 Å². The fourth-order valence-corrected chi connectivity index (χ4v) is 4.42. The van der Waals surface area contributed by atoms with Crippen LogP contribution >= 0.6 is 0 Å². The van der Waals surface area contributed by atoms with Crippen molar-refractivity contribution < 1.29 is 0 Å². The van der Waals surface area contributed by atoms with Gasteiger partial charge in [-0.1, -0.05) is 6.07 Å². The number of aromatic amines is 2. The molecule has 8 heteroatoms. The fourth-order valence-electron chi connectivity index (χ4n) is 4.42. The number of nitrogens with zero attached hydrogens (tertiary/aromatic N) is 6. The molecule has 0 unspecified atom stereocenters. The van der Waals surface area contributed by atoms with Gasteiger partial charge in [0.25, 0.3) is 0 Å². The molecule has 1 fully saturated rings. The normalized spacial score (nSPS) is 15.4. The smallest absolute Gasteiger partial charge is 0.116 e. The summed E-state index contributed by atoms with van der Waals surface area (Å²) in [5, 5.41) is 14.3. The van der Waals surface area contributed by atoms with Gasteiger partial charge < -0.3 is 14.8 Å². The SMILES string of the molecule is CN1CCN(c2cccc3[nH]c(-c4n[nH]c5cnc(-c6cnn(C)c6)cc45)cc23)CC1. The lowest BCUT2D eigenvalue weighted by atomic mass is 10.1. The molecule has 0 aliphatic carbocycles. The summed E-state index contributed by atoms with van der Waals surface area (Å²) in [6.45, 7) is 4.26. The van der Waals surface area contributed by atoms with Crippen LogP contribution in [0.4, 0.5) is 5.69 Å². The summed E-state index contributed by atoms with van der Waals surface area (Å²) in [6.07, 6.45) is 5.64. The Morgan fingerprint density at radius 3 is 2.61 bits per heavy atom. The van der Waals surface area contributed by atoms with Crippen molar-refractivity contribution in [2.75, 3.05) is 38.1 Å². The van der Waals surface area contributed by atoms with Gasteiger partial charge in [-0.25, -0.2) is 0 Å². The van der Waals surface area contributed by atoms with Crippen LogP contribution in [0.15, 0.2) is 48.9 Å². The van der Waals surface area contributed by atoms with Crippen molar-refractivity contribution in [2.24, 2.45) is 7.05 Å². The highest BCUT2D eigenvalue weighted by atomic mass is 15.3. The summed E-state index contributed by atoms with van der Waals surface area (Å²) >= 11 is 0. The van der Waals surface area contributed by atoms with Gasteiger partial charge in [0, 0.05) is 67.0 Å². The van der Waals surface area contributed by atoms with Crippen LogP contribution in [0.25, 0.3) is 44.5 Å². The van der Waals surface area contributed by atoms with Crippen molar-refractivity contribution in [2.45, 2.75) is 0 Å². The molecule has 5 heterocycles. The second-order valence-corrected chi connectivity index (χ2v) is 8.30. The average molecular weight is 413 g/mol. The van der Waals surface area contributed by atoms with Crippen molar-refractivity contribution in [3.8, 4) is 22.6 Å². The summed E-state index contributed by atoms with van der Waals surface area (Å²) < 4.78 is 1.79. The van der Waals surface area contributed by atoms with Crippen LogP contribution in [-0.2, 0) is 7.05 Å². The summed E-state index contributed by atoms with van der Waals surface area (Å²) in [5.74, 6) is 0. The topological polar surface area (TPSA) is 81.7 Å². The first-order valence-corrected chi connectivity index (χ1v) is 10.5. The molecule has 31 heavy (non-hydrogen) atoms. The Morgan fingerprint density at radius 2 is 1.81 bits per heavy atom.